The van der Waals surface area contributed by atoms with Crippen LogP contribution in [-0.4, -0.2) is 87.5 Å². The maximum absolute atomic E-state index is 13.1. The highest BCUT2D eigenvalue weighted by Gasteiger charge is 2.44. The van der Waals surface area contributed by atoms with Crippen LogP contribution in [0.3, 0.4) is 0 Å². The van der Waals surface area contributed by atoms with Crippen molar-refractivity contribution in [3.63, 3.8) is 0 Å². The van der Waals surface area contributed by atoms with E-state index in [1.807, 2.05) is 6.08 Å². The number of aliphatic hydroxyl groups excluding tert-OH is 5. The van der Waals surface area contributed by atoms with Crippen molar-refractivity contribution in [2.45, 2.75) is 352 Å². The summed E-state index contributed by atoms with van der Waals surface area (Å²) in [6, 6.07) is -0.805. The lowest BCUT2D eigenvalue weighted by atomic mass is 9.99. The zero-order valence-electron chi connectivity index (χ0n) is 46.8. The molecule has 7 unspecified atom stereocenters. The standard InChI is InChI=1S/C62H119NO8/c1-3-5-7-9-11-13-15-17-19-21-23-24-25-26-27-28-29-30-31-32-34-35-37-39-41-43-45-47-49-51-56(65)55(54-70-62-61(69)60(68)59(67)57(53-64)71-62)63-58(66)52-50-48-46-44-42-40-38-36-33-22-20-18-16-14-12-10-8-6-4-2/h18,20,49,51,55-57,59-62,64-65,67-69H,3-17,19,21-48,50,52-54H2,1-2H3,(H,63,66)/b20-18-,51-49+. The molecule has 6 N–H and O–H groups in total. The Kier molecular flexibility index (Phi) is 49.7. The molecule has 9 heteroatoms. The summed E-state index contributed by atoms with van der Waals surface area (Å²) >= 11 is 0. The molecule has 71 heavy (non-hydrogen) atoms. The van der Waals surface area contributed by atoms with E-state index in [2.05, 4.69) is 31.3 Å². The molecule has 420 valence electrons. The first kappa shape index (κ1) is 67.7. The zero-order valence-corrected chi connectivity index (χ0v) is 46.8. The van der Waals surface area contributed by atoms with Crippen LogP contribution >= 0.6 is 0 Å². The number of amides is 1. The number of hydrogen-bond acceptors (Lipinski definition) is 8. The summed E-state index contributed by atoms with van der Waals surface area (Å²) in [4.78, 5) is 13.1. The number of unbranched alkanes of at least 4 members (excludes halogenated alkanes) is 42. The second-order valence-corrected chi connectivity index (χ2v) is 21.9. The highest BCUT2D eigenvalue weighted by molar-refractivity contribution is 5.76. The summed E-state index contributed by atoms with van der Waals surface area (Å²) in [7, 11) is 0. The number of allylic oxidation sites excluding steroid dienone is 3. The third kappa shape index (κ3) is 41.6. The SMILES string of the molecule is CCCCCCCC/C=C\CCCCCCCCCCCC(=O)NC(COC1OC(CO)C(O)C(O)C1O)C(O)/C=C/CCCCCCCCCCCCCCCCCCCCCCCCCCCCC. The fourth-order valence-corrected chi connectivity index (χ4v) is 10.1. The number of aliphatic hydroxyl groups is 5. The minimum Gasteiger partial charge on any atom is -0.394 e. The first-order chi connectivity index (χ1) is 34.8. The van der Waals surface area contributed by atoms with Crippen molar-refractivity contribution in [1.82, 2.24) is 5.32 Å². The van der Waals surface area contributed by atoms with Crippen molar-refractivity contribution < 1.29 is 39.8 Å². The molecule has 1 heterocycles. The number of ether oxygens (including phenoxy) is 2. The predicted octanol–water partition coefficient (Wildman–Crippen LogP) is 15.7. The van der Waals surface area contributed by atoms with Crippen LogP contribution < -0.4 is 5.32 Å². The van der Waals surface area contributed by atoms with E-state index in [1.165, 1.54) is 250 Å². The lowest BCUT2D eigenvalue weighted by Gasteiger charge is -2.40. The summed E-state index contributed by atoms with van der Waals surface area (Å²) < 4.78 is 11.3. The van der Waals surface area contributed by atoms with Gasteiger partial charge in [-0.15, -0.1) is 0 Å². The highest BCUT2D eigenvalue weighted by Crippen LogP contribution is 2.23. The fourth-order valence-electron chi connectivity index (χ4n) is 10.1. The third-order valence-corrected chi connectivity index (χ3v) is 15.0. The van der Waals surface area contributed by atoms with Crippen molar-refractivity contribution in [2.24, 2.45) is 0 Å². The van der Waals surface area contributed by atoms with Gasteiger partial charge < -0.3 is 40.3 Å². The Hall–Kier alpha value is -1.33. The highest BCUT2D eigenvalue weighted by atomic mass is 16.7. The molecular weight excluding hydrogens is 887 g/mol. The van der Waals surface area contributed by atoms with Gasteiger partial charge in [-0.25, -0.2) is 0 Å². The van der Waals surface area contributed by atoms with Crippen LogP contribution in [0.2, 0.25) is 0 Å². The molecule has 0 saturated carbocycles. The first-order valence-corrected chi connectivity index (χ1v) is 31.1. The van der Waals surface area contributed by atoms with Gasteiger partial charge in [-0.1, -0.05) is 282 Å². The summed E-state index contributed by atoms with van der Waals surface area (Å²) in [6.45, 7) is 3.81. The quantitative estimate of drug-likeness (QED) is 0.0261. The normalized spacial score (nSPS) is 19.3. The van der Waals surface area contributed by atoms with E-state index in [0.717, 1.165) is 38.5 Å². The molecule has 1 saturated heterocycles. The molecule has 1 aliphatic heterocycles. The molecule has 0 spiro atoms. The topological polar surface area (TPSA) is 149 Å². The molecule has 9 nitrogen and oxygen atoms in total. The Labute approximate surface area is 439 Å². The number of carbonyl (C=O) groups is 1. The van der Waals surface area contributed by atoms with Gasteiger partial charge in [0.15, 0.2) is 6.29 Å². The Bertz CT molecular complexity index is 1170. The molecule has 0 aliphatic carbocycles. The van der Waals surface area contributed by atoms with E-state index in [9.17, 15) is 30.3 Å². The van der Waals surface area contributed by atoms with Gasteiger partial charge >= 0.3 is 0 Å². The summed E-state index contributed by atoms with van der Waals surface area (Å²) in [6.07, 6.45) is 59.7. The van der Waals surface area contributed by atoms with Crippen LogP contribution in [0, 0.1) is 0 Å². The number of rotatable bonds is 54. The number of carbonyl (C=O) groups excluding carboxylic acids is 1. The molecule has 0 radical (unpaired) electrons. The maximum Gasteiger partial charge on any atom is 0.220 e. The Morgan fingerprint density at radius 2 is 0.789 bits per heavy atom. The van der Waals surface area contributed by atoms with Gasteiger partial charge in [-0.3, -0.25) is 4.79 Å². The Morgan fingerprint density at radius 1 is 0.465 bits per heavy atom. The summed E-state index contributed by atoms with van der Waals surface area (Å²) in [5.74, 6) is -0.175. The van der Waals surface area contributed by atoms with Crippen molar-refractivity contribution in [3.8, 4) is 0 Å². The second kappa shape index (κ2) is 52.1. The lowest BCUT2D eigenvalue weighted by Crippen LogP contribution is -2.60. The van der Waals surface area contributed by atoms with Crippen LogP contribution in [0.1, 0.15) is 309 Å². The molecule has 1 fully saturated rings. The van der Waals surface area contributed by atoms with Gasteiger partial charge in [0, 0.05) is 6.42 Å². The summed E-state index contributed by atoms with van der Waals surface area (Å²) in [5.41, 5.74) is 0. The lowest BCUT2D eigenvalue weighted by molar-refractivity contribution is -0.302. The van der Waals surface area contributed by atoms with E-state index >= 15 is 0 Å². The van der Waals surface area contributed by atoms with Crippen LogP contribution in [0.15, 0.2) is 24.3 Å². The van der Waals surface area contributed by atoms with E-state index in [1.54, 1.807) is 6.08 Å². The Balaban J connectivity index is 2.17. The van der Waals surface area contributed by atoms with Crippen LogP contribution in [0.4, 0.5) is 0 Å². The van der Waals surface area contributed by atoms with Gasteiger partial charge in [0.1, 0.15) is 24.4 Å². The van der Waals surface area contributed by atoms with Gasteiger partial charge in [-0.05, 0) is 44.9 Å². The van der Waals surface area contributed by atoms with E-state index < -0.39 is 49.5 Å². The van der Waals surface area contributed by atoms with Crippen molar-refractivity contribution in [1.29, 1.82) is 0 Å². The average Bonchev–Trinajstić information content (AvgIpc) is 3.37. The van der Waals surface area contributed by atoms with Gasteiger partial charge in [0.05, 0.1) is 25.4 Å². The molecule has 0 aromatic heterocycles. The van der Waals surface area contributed by atoms with Gasteiger partial charge in [-0.2, -0.15) is 0 Å². The minimum atomic E-state index is -1.57. The van der Waals surface area contributed by atoms with Crippen molar-refractivity contribution >= 4 is 5.91 Å². The molecular formula is C62H119NO8. The second-order valence-electron chi connectivity index (χ2n) is 21.9. The molecule has 0 aromatic rings. The van der Waals surface area contributed by atoms with E-state index in [-0.39, 0.29) is 12.5 Å². The van der Waals surface area contributed by atoms with Crippen molar-refractivity contribution in [2.75, 3.05) is 13.2 Å². The fraction of sp³-hybridized carbons (Fsp3) is 0.919. The number of nitrogens with one attached hydrogen (secondary N) is 1. The molecule has 1 amide bonds. The molecule has 1 rings (SSSR count). The van der Waals surface area contributed by atoms with Crippen LogP contribution in [0.5, 0.6) is 0 Å². The molecule has 0 aromatic carbocycles. The maximum atomic E-state index is 13.1. The van der Waals surface area contributed by atoms with Crippen LogP contribution in [-0.2, 0) is 14.3 Å². The first-order valence-electron chi connectivity index (χ1n) is 31.1. The molecule has 0 bridgehead atoms. The average molecular weight is 1010 g/mol. The largest absolute Gasteiger partial charge is 0.394 e. The molecule has 7 atom stereocenters. The van der Waals surface area contributed by atoms with Gasteiger partial charge in [0.2, 0.25) is 5.91 Å². The monoisotopic (exact) mass is 1010 g/mol. The van der Waals surface area contributed by atoms with Crippen LogP contribution in [0.25, 0.3) is 0 Å². The summed E-state index contributed by atoms with van der Waals surface area (Å²) in [5, 5.41) is 54.6. The number of hydrogen-bond donors (Lipinski definition) is 6. The minimum absolute atomic E-state index is 0.175. The predicted molar refractivity (Wildman–Crippen MR) is 300 cm³/mol. The van der Waals surface area contributed by atoms with E-state index in [0.29, 0.717) is 6.42 Å². The smallest absolute Gasteiger partial charge is 0.220 e. The molecule has 1 aliphatic rings. The Morgan fingerprint density at radius 3 is 1.14 bits per heavy atom. The third-order valence-electron chi connectivity index (χ3n) is 15.0. The van der Waals surface area contributed by atoms with Crippen molar-refractivity contribution in [3.05, 3.63) is 24.3 Å². The van der Waals surface area contributed by atoms with E-state index in [4.69, 9.17) is 9.47 Å². The zero-order chi connectivity index (χ0) is 51.5. The van der Waals surface area contributed by atoms with Gasteiger partial charge in [0.25, 0.3) is 0 Å².